The van der Waals surface area contributed by atoms with Gasteiger partial charge in [-0.15, -0.1) is 0 Å². The molecule has 4 nitrogen and oxygen atoms in total. The number of hydrogen-bond acceptors (Lipinski definition) is 3. The number of H-pyrrole nitrogens is 1. The summed E-state index contributed by atoms with van der Waals surface area (Å²) in [6, 6.07) is 10.4. The van der Waals surface area contributed by atoms with Crippen LogP contribution in [-0.2, 0) is 6.42 Å². The first-order chi connectivity index (χ1) is 12.6. The zero-order valence-corrected chi connectivity index (χ0v) is 16.1. The van der Waals surface area contributed by atoms with E-state index in [1.54, 1.807) is 14.2 Å². The molecule has 26 heavy (non-hydrogen) atoms. The SMILES string of the molecule is COc1cccc(OC)c1-c1[nH]c2cc(C)cc(C)c2c1CCCCN. The molecule has 0 unspecified atom stereocenters. The van der Waals surface area contributed by atoms with Gasteiger partial charge < -0.3 is 20.2 Å². The Kier molecular flexibility index (Phi) is 5.52. The Morgan fingerprint density at radius 3 is 2.31 bits per heavy atom. The van der Waals surface area contributed by atoms with Gasteiger partial charge in [0.05, 0.1) is 25.5 Å². The van der Waals surface area contributed by atoms with Gasteiger partial charge in [-0.25, -0.2) is 0 Å². The summed E-state index contributed by atoms with van der Waals surface area (Å²) in [6.45, 7) is 5.03. The van der Waals surface area contributed by atoms with Crippen LogP contribution in [0.4, 0.5) is 0 Å². The summed E-state index contributed by atoms with van der Waals surface area (Å²) in [7, 11) is 3.40. The summed E-state index contributed by atoms with van der Waals surface area (Å²) in [5.41, 5.74) is 12.8. The summed E-state index contributed by atoms with van der Waals surface area (Å²) in [6.07, 6.45) is 3.04. The van der Waals surface area contributed by atoms with Crippen molar-refractivity contribution in [3.05, 3.63) is 47.0 Å². The molecule has 0 aliphatic carbocycles. The number of nitrogens with one attached hydrogen (secondary N) is 1. The van der Waals surface area contributed by atoms with E-state index in [2.05, 4.69) is 31.0 Å². The number of rotatable bonds is 7. The Hall–Kier alpha value is -2.46. The van der Waals surface area contributed by atoms with Crippen LogP contribution in [0.3, 0.4) is 0 Å². The zero-order chi connectivity index (χ0) is 18.7. The van der Waals surface area contributed by atoms with E-state index in [4.69, 9.17) is 15.2 Å². The maximum Gasteiger partial charge on any atom is 0.131 e. The van der Waals surface area contributed by atoms with Crippen molar-refractivity contribution in [1.82, 2.24) is 4.98 Å². The zero-order valence-electron chi connectivity index (χ0n) is 16.1. The van der Waals surface area contributed by atoms with E-state index < -0.39 is 0 Å². The first-order valence-electron chi connectivity index (χ1n) is 9.14. The van der Waals surface area contributed by atoms with Crippen molar-refractivity contribution in [3.63, 3.8) is 0 Å². The molecule has 4 heteroatoms. The molecule has 2 aromatic carbocycles. The van der Waals surface area contributed by atoms with Gasteiger partial charge in [-0.3, -0.25) is 0 Å². The molecular formula is C22H28N2O2. The van der Waals surface area contributed by atoms with Crippen molar-refractivity contribution in [2.45, 2.75) is 33.1 Å². The van der Waals surface area contributed by atoms with Crippen LogP contribution in [0.25, 0.3) is 22.2 Å². The van der Waals surface area contributed by atoms with E-state index in [0.29, 0.717) is 6.54 Å². The molecule has 138 valence electrons. The third kappa shape index (κ3) is 3.29. The Morgan fingerprint density at radius 2 is 1.69 bits per heavy atom. The minimum Gasteiger partial charge on any atom is -0.496 e. The Bertz CT molecular complexity index is 890. The number of aromatic amines is 1. The van der Waals surface area contributed by atoms with Crippen molar-refractivity contribution in [3.8, 4) is 22.8 Å². The van der Waals surface area contributed by atoms with Gasteiger partial charge in [0.25, 0.3) is 0 Å². The number of ether oxygens (including phenoxy) is 2. The summed E-state index contributed by atoms with van der Waals surface area (Å²) in [5.74, 6) is 1.62. The quantitative estimate of drug-likeness (QED) is 0.603. The molecule has 0 saturated heterocycles. The molecule has 1 heterocycles. The third-order valence-electron chi connectivity index (χ3n) is 4.90. The normalized spacial score (nSPS) is 11.1. The van der Waals surface area contributed by atoms with E-state index in [1.165, 1.54) is 22.1 Å². The molecule has 1 aromatic heterocycles. The lowest BCUT2D eigenvalue weighted by Gasteiger charge is -2.14. The second-order valence-corrected chi connectivity index (χ2v) is 6.77. The van der Waals surface area contributed by atoms with Crippen molar-refractivity contribution in [2.75, 3.05) is 20.8 Å². The van der Waals surface area contributed by atoms with Gasteiger partial charge in [-0.1, -0.05) is 12.1 Å². The molecule has 3 N–H and O–H groups in total. The van der Waals surface area contributed by atoms with E-state index in [1.807, 2.05) is 18.2 Å². The molecule has 0 fully saturated rings. The van der Waals surface area contributed by atoms with Gasteiger partial charge in [-0.2, -0.15) is 0 Å². The lowest BCUT2D eigenvalue weighted by atomic mass is 9.96. The molecule has 0 aliphatic rings. The molecule has 3 aromatic rings. The average Bonchev–Trinajstić information content (AvgIpc) is 2.99. The highest BCUT2D eigenvalue weighted by Gasteiger charge is 2.21. The van der Waals surface area contributed by atoms with Crippen LogP contribution in [0.2, 0.25) is 0 Å². The van der Waals surface area contributed by atoms with E-state index in [0.717, 1.165) is 47.5 Å². The predicted octanol–water partition coefficient (Wildman–Crippen LogP) is 4.75. The summed E-state index contributed by atoms with van der Waals surface area (Å²) in [5, 5.41) is 1.30. The van der Waals surface area contributed by atoms with Gasteiger partial charge in [-0.05, 0) is 74.5 Å². The number of hydrogen-bond donors (Lipinski definition) is 2. The van der Waals surface area contributed by atoms with Crippen LogP contribution in [0.1, 0.15) is 29.5 Å². The summed E-state index contributed by atoms with van der Waals surface area (Å²) >= 11 is 0. The molecule has 0 radical (unpaired) electrons. The maximum atomic E-state index is 5.72. The van der Waals surface area contributed by atoms with E-state index >= 15 is 0 Å². The fourth-order valence-corrected chi connectivity index (χ4v) is 3.81. The molecule has 0 saturated carbocycles. The molecule has 0 spiro atoms. The molecule has 0 amide bonds. The van der Waals surface area contributed by atoms with Gasteiger partial charge >= 0.3 is 0 Å². The molecule has 0 atom stereocenters. The van der Waals surface area contributed by atoms with Crippen LogP contribution in [0, 0.1) is 13.8 Å². The van der Waals surface area contributed by atoms with E-state index in [9.17, 15) is 0 Å². The van der Waals surface area contributed by atoms with Crippen molar-refractivity contribution in [2.24, 2.45) is 5.73 Å². The Balaban J connectivity index is 2.29. The van der Waals surface area contributed by atoms with Crippen LogP contribution < -0.4 is 15.2 Å². The van der Waals surface area contributed by atoms with Crippen LogP contribution >= 0.6 is 0 Å². The summed E-state index contributed by atoms with van der Waals surface area (Å²) < 4.78 is 11.3. The lowest BCUT2D eigenvalue weighted by molar-refractivity contribution is 0.397. The van der Waals surface area contributed by atoms with Crippen molar-refractivity contribution in [1.29, 1.82) is 0 Å². The maximum absolute atomic E-state index is 5.72. The number of aromatic nitrogens is 1. The number of methoxy groups -OCH3 is 2. The predicted molar refractivity (Wildman–Crippen MR) is 108 cm³/mol. The Morgan fingerprint density at radius 1 is 1.00 bits per heavy atom. The highest BCUT2D eigenvalue weighted by atomic mass is 16.5. The second kappa shape index (κ2) is 7.83. The standard InChI is InChI=1S/C22H28N2O2/c1-14-12-15(2)20-16(8-5-6-11-23)22(24-17(20)13-14)21-18(25-3)9-7-10-19(21)26-4/h7,9-10,12-13,24H,5-6,8,11,23H2,1-4H3. The minimum atomic E-state index is 0.716. The third-order valence-corrected chi connectivity index (χ3v) is 4.90. The number of nitrogens with two attached hydrogens (primary N) is 1. The number of unbranched alkanes of at least 4 members (excludes halogenated alkanes) is 1. The van der Waals surface area contributed by atoms with Crippen molar-refractivity contribution < 1.29 is 9.47 Å². The molecule has 0 bridgehead atoms. The molecule has 0 aliphatic heterocycles. The average molecular weight is 352 g/mol. The highest BCUT2D eigenvalue weighted by Crippen LogP contribution is 2.43. The smallest absolute Gasteiger partial charge is 0.131 e. The number of aryl methyl sites for hydroxylation is 3. The first kappa shape index (κ1) is 18.3. The van der Waals surface area contributed by atoms with E-state index in [-0.39, 0.29) is 0 Å². The van der Waals surface area contributed by atoms with Gasteiger partial charge in [0.2, 0.25) is 0 Å². The van der Waals surface area contributed by atoms with Gasteiger partial charge in [0, 0.05) is 10.9 Å². The minimum absolute atomic E-state index is 0.716. The Labute approximate surface area is 155 Å². The molecule has 3 rings (SSSR count). The topological polar surface area (TPSA) is 60.3 Å². The second-order valence-electron chi connectivity index (χ2n) is 6.77. The van der Waals surface area contributed by atoms with Gasteiger partial charge in [0.15, 0.2) is 0 Å². The van der Waals surface area contributed by atoms with Crippen LogP contribution in [-0.4, -0.2) is 25.7 Å². The fraction of sp³-hybridized carbons (Fsp3) is 0.364. The van der Waals surface area contributed by atoms with Crippen molar-refractivity contribution >= 4 is 10.9 Å². The first-order valence-corrected chi connectivity index (χ1v) is 9.14. The number of benzene rings is 2. The summed E-state index contributed by atoms with van der Waals surface area (Å²) in [4.78, 5) is 3.65. The fourth-order valence-electron chi connectivity index (χ4n) is 3.81. The lowest BCUT2D eigenvalue weighted by Crippen LogP contribution is -2.00. The van der Waals surface area contributed by atoms with Crippen LogP contribution in [0.5, 0.6) is 11.5 Å². The van der Waals surface area contributed by atoms with Crippen LogP contribution in [0.15, 0.2) is 30.3 Å². The molecular weight excluding hydrogens is 324 g/mol. The monoisotopic (exact) mass is 352 g/mol. The highest BCUT2D eigenvalue weighted by molar-refractivity contribution is 5.95. The van der Waals surface area contributed by atoms with Gasteiger partial charge in [0.1, 0.15) is 11.5 Å². The number of fused-ring (bicyclic) bond motifs is 1. The largest absolute Gasteiger partial charge is 0.496 e.